The highest BCUT2D eigenvalue weighted by atomic mass is 16.5. The maximum atomic E-state index is 11.7. The van der Waals surface area contributed by atoms with Gasteiger partial charge in [-0.25, -0.2) is 0 Å². The predicted octanol–water partition coefficient (Wildman–Crippen LogP) is 4.73. The molecule has 0 bridgehead atoms. The van der Waals surface area contributed by atoms with Crippen molar-refractivity contribution in [3.05, 3.63) is 48.5 Å². The molecule has 28 heavy (non-hydrogen) atoms. The van der Waals surface area contributed by atoms with Crippen LogP contribution in [-0.2, 0) is 9.59 Å². The predicted molar refractivity (Wildman–Crippen MR) is 104 cm³/mol. The number of hydrogen-bond donors (Lipinski definition) is 2. The summed E-state index contributed by atoms with van der Waals surface area (Å²) in [5, 5.41) is 18.7. The van der Waals surface area contributed by atoms with Crippen LogP contribution < -0.4 is 9.47 Å². The molecular weight excluding hydrogens is 360 g/mol. The minimum absolute atomic E-state index is 0.0658. The monoisotopic (exact) mass is 386 g/mol. The molecule has 0 spiro atoms. The van der Waals surface area contributed by atoms with E-state index in [1.165, 1.54) is 24.3 Å². The summed E-state index contributed by atoms with van der Waals surface area (Å²) < 4.78 is 10.3. The van der Waals surface area contributed by atoms with Crippen molar-refractivity contribution in [1.82, 2.24) is 0 Å². The average molecular weight is 386 g/mol. The molecule has 0 radical (unpaired) electrons. The Morgan fingerprint density at radius 1 is 0.643 bits per heavy atom. The van der Waals surface area contributed by atoms with Gasteiger partial charge in [-0.05, 0) is 37.1 Å². The summed E-state index contributed by atoms with van der Waals surface area (Å²) in [6, 6.07) is 12.3. The second-order valence-corrected chi connectivity index (χ2v) is 6.56. The molecule has 0 amide bonds. The molecule has 0 heterocycles. The van der Waals surface area contributed by atoms with E-state index >= 15 is 0 Å². The highest BCUT2D eigenvalue weighted by Gasteiger charge is 2.07. The summed E-state index contributed by atoms with van der Waals surface area (Å²) >= 11 is 0. The molecule has 0 atom stereocenters. The topological polar surface area (TPSA) is 93.1 Å². The van der Waals surface area contributed by atoms with E-state index in [2.05, 4.69) is 0 Å². The molecule has 0 aliphatic heterocycles. The summed E-state index contributed by atoms with van der Waals surface area (Å²) in [6.45, 7) is 0. The molecule has 2 aromatic rings. The Morgan fingerprint density at radius 3 is 1.43 bits per heavy atom. The van der Waals surface area contributed by atoms with Gasteiger partial charge in [0.25, 0.3) is 0 Å². The summed E-state index contributed by atoms with van der Waals surface area (Å²) in [7, 11) is 0. The van der Waals surface area contributed by atoms with E-state index in [-0.39, 0.29) is 23.4 Å². The Bertz CT molecular complexity index is 706. The molecule has 0 aliphatic carbocycles. The SMILES string of the molecule is O=C(CCCCCCCCC(=O)Oc1cccc(O)c1)Oc1cccc(O)c1. The van der Waals surface area contributed by atoms with Crippen molar-refractivity contribution in [1.29, 1.82) is 0 Å². The van der Waals surface area contributed by atoms with Crippen molar-refractivity contribution in [2.75, 3.05) is 0 Å². The standard InChI is InChI=1S/C22H26O6/c23-17-9-7-11-19(15-17)27-21(25)13-5-3-1-2-4-6-14-22(26)28-20-12-8-10-18(24)16-20/h7-12,15-16,23-24H,1-6,13-14H2. The molecule has 6 heteroatoms. The fraction of sp³-hybridized carbons (Fsp3) is 0.364. The molecule has 2 aromatic carbocycles. The molecule has 0 unspecified atom stereocenters. The molecule has 0 aromatic heterocycles. The van der Waals surface area contributed by atoms with Crippen LogP contribution in [0.4, 0.5) is 0 Å². The van der Waals surface area contributed by atoms with E-state index < -0.39 is 0 Å². The van der Waals surface area contributed by atoms with Crippen molar-refractivity contribution in [2.24, 2.45) is 0 Å². The van der Waals surface area contributed by atoms with Gasteiger partial charge in [-0.3, -0.25) is 9.59 Å². The third-order valence-electron chi connectivity index (χ3n) is 4.11. The molecule has 0 saturated carbocycles. The van der Waals surface area contributed by atoms with Crippen LogP contribution >= 0.6 is 0 Å². The van der Waals surface area contributed by atoms with Gasteiger partial charge in [0, 0.05) is 25.0 Å². The average Bonchev–Trinajstić information content (AvgIpc) is 2.64. The lowest BCUT2D eigenvalue weighted by atomic mass is 10.1. The van der Waals surface area contributed by atoms with Crippen LogP contribution in [0.25, 0.3) is 0 Å². The Hall–Kier alpha value is -3.02. The molecule has 0 saturated heterocycles. The van der Waals surface area contributed by atoms with Crippen molar-refractivity contribution in [2.45, 2.75) is 51.4 Å². The molecule has 0 aliphatic rings. The number of benzene rings is 2. The first-order chi connectivity index (χ1) is 13.5. The molecule has 6 nitrogen and oxygen atoms in total. The zero-order chi connectivity index (χ0) is 20.2. The first-order valence-electron chi connectivity index (χ1n) is 9.52. The van der Waals surface area contributed by atoms with Crippen LogP contribution in [0.2, 0.25) is 0 Å². The van der Waals surface area contributed by atoms with Gasteiger partial charge in [0.15, 0.2) is 0 Å². The van der Waals surface area contributed by atoms with E-state index in [4.69, 9.17) is 9.47 Å². The molecule has 0 fully saturated rings. The summed E-state index contributed by atoms with van der Waals surface area (Å²) in [4.78, 5) is 23.5. The third-order valence-corrected chi connectivity index (χ3v) is 4.11. The van der Waals surface area contributed by atoms with Crippen molar-refractivity contribution in [3.63, 3.8) is 0 Å². The number of hydrogen-bond acceptors (Lipinski definition) is 6. The molecule has 2 N–H and O–H groups in total. The number of carbonyl (C=O) groups excluding carboxylic acids is 2. The molecule has 2 rings (SSSR count). The summed E-state index contributed by atoms with van der Waals surface area (Å²) in [5.41, 5.74) is 0. The Balaban J connectivity index is 1.47. The maximum absolute atomic E-state index is 11.7. The van der Waals surface area contributed by atoms with Crippen molar-refractivity contribution in [3.8, 4) is 23.0 Å². The first-order valence-corrected chi connectivity index (χ1v) is 9.52. The number of esters is 2. The number of rotatable bonds is 11. The molecule has 150 valence electrons. The second kappa shape index (κ2) is 11.6. The first kappa shape index (κ1) is 21.3. The zero-order valence-electron chi connectivity index (χ0n) is 15.8. The van der Waals surface area contributed by atoms with E-state index in [0.717, 1.165) is 38.5 Å². The highest BCUT2D eigenvalue weighted by molar-refractivity contribution is 5.72. The fourth-order valence-electron chi connectivity index (χ4n) is 2.70. The van der Waals surface area contributed by atoms with Crippen LogP contribution in [0, 0.1) is 0 Å². The number of phenolic OH excluding ortho intramolecular Hbond substituents is 2. The third kappa shape index (κ3) is 8.58. The second-order valence-electron chi connectivity index (χ2n) is 6.56. The van der Waals surface area contributed by atoms with Crippen LogP contribution in [0.15, 0.2) is 48.5 Å². The van der Waals surface area contributed by atoms with E-state index in [9.17, 15) is 19.8 Å². The van der Waals surface area contributed by atoms with Gasteiger partial charge in [0.1, 0.15) is 23.0 Å². The summed E-state index contributed by atoms with van der Waals surface area (Å²) in [5.74, 6) is 0.220. The number of phenols is 2. The van der Waals surface area contributed by atoms with Gasteiger partial charge in [-0.2, -0.15) is 0 Å². The van der Waals surface area contributed by atoms with E-state index in [1.807, 2.05) is 0 Å². The number of aromatic hydroxyl groups is 2. The Morgan fingerprint density at radius 2 is 1.04 bits per heavy atom. The van der Waals surface area contributed by atoms with Gasteiger partial charge in [0.05, 0.1) is 0 Å². The van der Waals surface area contributed by atoms with Crippen LogP contribution in [0.3, 0.4) is 0 Å². The highest BCUT2D eigenvalue weighted by Crippen LogP contribution is 2.20. The smallest absolute Gasteiger partial charge is 0.311 e. The number of ether oxygens (including phenoxy) is 2. The van der Waals surface area contributed by atoms with E-state index in [1.54, 1.807) is 24.3 Å². The van der Waals surface area contributed by atoms with Crippen LogP contribution in [0.1, 0.15) is 51.4 Å². The lowest BCUT2D eigenvalue weighted by Crippen LogP contribution is -2.07. The summed E-state index contributed by atoms with van der Waals surface area (Å²) in [6.07, 6.45) is 5.99. The lowest BCUT2D eigenvalue weighted by Gasteiger charge is -2.05. The quantitative estimate of drug-likeness (QED) is 0.329. The van der Waals surface area contributed by atoms with Gasteiger partial charge in [-0.1, -0.05) is 37.8 Å². The Labute approximate surface area is 164 Å². The van der Waals surface area contributed by atoms with Crippen molar-refractivity contribution < 1.29 is 29.3 Å². The van der Waals surface area contributed by atoms with Crippen LogP contribution in [-0.4, -0.2) is 22.2 Å². The van der Waals surface area contributed by atoms with E-state index in [0.29, 0.717) is 24.3 Å². The van der Waals surface area contributed by atoms with Crippen molar-refractivity contribution >= 4 is 11.9 Å². The van der Waals surface area contributed by atoms with Gasteiger partial charge >= 0.3 is 11.9 Å². The minimum atomic E-state index is -0.305. The zero-order valence-corrected chi connectivity index (χ0v) is 15.8. The minimum Gasteiger partial charge on any atom is -0.508 e. The Kier molecular flexibility index (Phi) is 8.85. The lowest BCUT2D eigenvalue weighted by molar-refractivity contribution is -0.135. The number of unbranched alkanes of at least 4 members (excludes halogenated alkanes) is 5. The van der Waals surface area contributed by atoms with Gasteiger partial charge < -0.3 is 19.7 Å². The van der Waals surface area contributed by atoms with Gasteiger partial charge in [-0.15, -0.1) is 0 Å². The van der Waals surface area contributed by atoms with Gasteiger partial charge in [0.2, 0.25) is 0 Å². The van der Waals surface area contributed by atoms with Crippen LogP contribution in [0.5, 0.6) is 23.0 Å². The largest absolute Gasteiger partial charge is 0.508 e. The molecular formula is C22H26O6. The normalized spacial score (nSPS) is 10.4. The fourth-order valence-corrected chi connectivity index (χ4v) is 2.70. The number of carbonyl (C=O) groups is 2. The maximum Gasteiger partial charge on any atom is 0.311 e.